The molecule has 0 aliphatic rings. The fourth-order valence-corrected chi connectivity index (χ4v) is 3.71. The van der Waals surface area contributed by atoms with Gasteiger partial charge in [0.15, 0.2) is 11.5 Å². The second kappa shape index (κ2) is 11.0. The Kier molecular flexibility index (Phi) is 8.17. The Morgan fingerprint density at radius 1 is 0.900 bits per heavy atom. The third-order valence-corrected chi connectivity index (χ3v) is 5.65. The Labute approximate surface area is 187 Å². The Bertz CT molecular complexity index is 957. The van der Waals surface area contributed by atoms with Gasteiger partial charge in [-0.2, -0.15) is 0 Å². The topological polar surface area (TPSA) is 39.7 Å². The SMILES string of the molecule is COc1ccc(CCNCc2c(Br)ccc(OC)c2OCc2cccc(C)c2)cc1. The third kappa shape index (κ3) is 6.00. The van der Waals surface area contributed by atoms with Crippen LogP contribution in [0.15, 0.2) is 65.1 Å². The van der Waals surface area contributed by atoms with Gasteiger partial charge in [-0.05, 0) is 55.3 Å². The standard InChI is InChI=1S/C25H28BrNO3/c1-18-5-4-6-20(15-18)17-30-25-22(23(26)11-12-24(25)29-3)16-27-14-13-19-7-9-21(28-2)10-8-19/h4-12,15,27H,13-14,16-17H2,1-3H3. The van der Waals surface area contributed by atoms with Crippen molar-refractivity contribution in [3.05, 3.63) is 87.4 Å². The Balaban J connectivity index is 1.65. The molecular weight excluding hydrogens is 442 g/mol. The van der Waals surface area contributed by atoms with E-state index in [0.717, 1.165) is 45.8 Å². The molecule has 1 N–H and O–H groups in total. The van der Waals surface area contributed by atoms with Crippen molar-refractivity contribution in [3.63, 3.8) is 0 Å². The number of aryl methyl sites for hydroxylation is 1. The van der Waals surface area contributed by atoms with Crippen LogP contribution >= 0.6 is 15.9 Å². The molecule has 0 unspecified atom stereocenters. The summed E-state index contributed by atoms with van der Waals surface area (Å²) in [7, 11) is 3.35. The van der Waals surface area contributed by atoms with Gasteiger partial charge in [0.25, 0.3) is 0 Å². The van der Waals surface area contributed by atoms with Gasteiger partial charge in [0, 0.05) is 16.6 Å². The predicted molar refractivity (Wildman–Crippen MR) is 125 cm³/mol. The van der Waals surface area contributed by atoms with Crippen molar-refractivity contribution in [3.8, 4) is 17.2 Å². The van der Waals surface area contributed by atoms with E-state index in [1.54, 1.807) is 14.2 Å². The van der Waals surface area contributed by atoms with Crippen molar-refractivity contribution in [1.29, 1.82) is 0 Å². The molecule has 0 spiro atoms. The largest absolute Gasteiger partial charge is 0.497 e. The van der Waals surface area contributed by atoms with Crippen molar-refractivity contribution in [2.45, 2.75) is 26.5 Å². The van der Waals surface area contributed by atoms with Crippen LogP contribution in [0.3, 0.4) is 0 Å². The maximum absolute atomic E-state index is 6.21. The minimum atomic E-state index is 0.493. The molecule has 3 aromatic carbocycles. The molecule has 0 atom stereocenters. The molecule has 3 aromatic rings. The number of halogens is 1. The lowest BCUT2D eigenvalue weighted by Gasteiger charge is -2.17. The van der Waals surface area contributed by atoms with Gasteiger partial charge in [0.1, 0.15) is 12.4 Å². The van der Waals surface area contributed by atoms with Crippen LogP contribution in [0.5, 0.6) is 17.2 Å². The van der Waals surface area contributed by atoms with Gasteiger partial charge < -0.3 is 19.5 Å². The molecule has 0 aliphatic heterocycles. The molecule has 0 amide bonds. The number of hydrogen-bond donors (Lipinski definition) is 1. The first kappa shape index (κ1) is 22.2. The Hall–Kier alpha value is -2.50. The van der Waals surface area contributed by atoms with Crippen LogP contribution in [0, 0.1) is 6.92 Å². The summed E-state index contributed by atoms with van der Waals surface area (Å²) in [6.07, 6.45) is 0.936. The van der Waals surface area contributed by atoms with Gasteiger partial charge in [-0.15, -0.1) is 0 Å². The highest BCUT2D eigenvalue weighted by molar-refractivity contribution is 9.10. The molecule has 0 radical (unpaired) electrons. The minimum absolute atomic E-state index is 0.493. The zero-order valence-electron chi connectivity index (χ0n) is 17.7. The van der Waals surface area contributed by atoms with E-state index in [0.29, 0.717) is 13.2 Å². The lowest BCUT2D eigenvalue weighted by atomic mass is 10.1. The molecule has 0 fully saturated rings. The summed E-state index contributed by atoms with van der Waals surface area (Å²) < 4.78 is 18.0. The zero-order valence-corrected chi connectivity index (χ0v) is 19.3. The fourth-order valence-electron chi connectivity index (χ4n) is 3.26. The van der Waals surface area contributed by atoms with Gasteiger partial charge in [0.2, 0.25) is 0 Å². The maximum Gasteiger partial charge on any atom is 0.167 e. The smallest absolute Gasteiger partial charge is 0.167 e. The highest BCUT2D eigenvalue weighted by atomic mass is 79.9. The highest BCUT2D eigenvalue weighted by Crippen LogP contribution is 2.36. The van der Waals surface area contributed by atoms with Gasteiger partial charge in [-0.1, -0.05) is 57.9 Å². The summed E-state index contributed by atoms with van der Waals surface area (Å²) >= 11 is 3.67. The minimum Gasteiger partial charge on any atom is -0.497 e. The number of ether oxygens (including phenoxy) is 3. The van der Waals surface area contributed by atoms with E-state index in [-0.39, 0.29) is 0 Å². The average Bonchev–Trinajstić information content (AvgIpc) is 2.77. The van der Waals surface area contributed by atoms with Crippen molar-refractivity contribution in [2.75, 3.05) is 20.8 Å². The maximum atomic E-state index is 6.21. The van der Waals surface area contributed by atoms with Crippen LogP contribution in [0.4, 0.5) is 0 Å². The Morgan fingerprint density at radius 2 is 1.70 bits per heavy atom. The highest BCUT2D eigenvalue weighted by Gasteiger charge is 2.15. The normalized spacial score (nSPS) is 10.7. The van der Waals surface area contributed by atoms with E-state index in [2.05, 4.69) is 58.5 Å². The van der Waals surface area contributed by atoms with E-state index in [4.69, 9.17) is 14.2 Å². The molecule has 30 heavy (non-hydrogen) atoms. The van der Waals surface area contributed by atoms with Crippen LogP contribution in [-0.4, -0.2) is 20.8 Å². The van der Waals surface area contributed by atoms with Crippen molar-refractivity contribution < 1.29 is 14.2 Å². The summed E-state index contributed by atoms with van der Waals surface area (Å²) in [6, 6.07) is 20.4. The molecule has 0 aromatic heterocycles. The summed E-state index contributed by atoms with van der Waals surface area (Å²) in [4.78, 5) is 0. The van der Waals surface area contributed by atoms with Crippen molar-refractivity contribution in [2.24, 2.45) is 0 Å². The van der Waals surface area contributed by atoms with Gasteiger partial charge in [-0.25, -0.2) is 0 Å². The van der Waals surface area contributed by atoms with Crippen LogP contribution < -0.4 is 19.5 Å². The molecule has 5 heteroatoms. The molecule has 0 saturated heterocycles. The first-order valence-corrected chi connectivity index (χ1v) is 10.8. The van der Waals surface area contributed by atoms with Crippen molar-refractivity contribution >= 4 is 15.9 Å². The van der Waals surface area contributed by atoms with Gasteiger partial charge >= 0.3 is 0 Å². The van der Waals surface area contributed by atoms with E-state index in [1.165, 1.54) is 11.1 Å². The molecule has 0 saturated carbocycles. The number of nitrogens with one attached hydrogen (secondary N) is 1. The molecule has 4 nitrogen and oxygen atoms in total. The lowest BCUT2D eigenvalue weighted by Crippen LogP contribution is -2.18. The summed E-state index contributed by atoms with van der Waals surface area (Å²) in [5.41, 5.74) is 4.67. The van der Waals surface area contributed by atoms with E-state index < -0.39 is 0 Å². The molecule has 158 valence electrons. The number of methoxy groups -OCH3 is 2. The molecule has 0 aliphatic carbocycles. The molecule has 0 heterocycles. The van der Waals surface area contributed by atoms with E-state index in [9.17, 15) is 0 Å². The second-order valence-electron chi connectivity index (χ2n) is 7.11. The quantitative estimate of drug-likeness (QED) is 0.387. The van der Waals surface area contributed by atoms with Crippen LogP contribution in [0.1, 0.15) is 22.3 Å². The number of benzene rings is 3. The van der Waals surface area contributed by atoms with Crippen molar-refractivity contribution in [1.82, 2.24) is 5.32 Å². The van der Waals surface area contributed by atoms with E-state index in [1.807, 2.05) is 30.3 Å². The van der Waals surface area contributed by atoms with Gasteiger partial charge in [0.05, 0.1) is 14.2 Å². The van der Waals surface area contributed by atoms with Crippen LogP contribution in [0.25, 0.3) is 0 Å². The Morgan fingerprint density at radius 3 is 2.40 bits per heavy atom. The summed E-state index contributed by atoms with van der Waals surface area (Å²) in [5.74, 6) is 2.38. The monoisotopic (exact) mass is 469 g/mol. The average molecular weight is 470 g/mol. The second-order valence-corrected chi connectivity index (χ2v) is 7.96. The molecule has 3 rings (SSSR count). The summed E-state index contributed by atoms with van der Waals surface area (Å²) in [5, 5.41) is 3.52. The van der Waals surface area contributed by atoms with Gasteiger partial charge in [-0.3, -0.25) is 0 Å². The molecule has 0 bridgehead atoms. The predicted octanol–water partition coefficient (Wildman–Crippen LogP) is 5.69. The lowest BCUT2D eigenvalue weighted by molar-refractivity contribution is 0.280. The summed E-state index contributed by atoms with van der Waals surface area (Å²) in [6.45, 7) is 4.11. The molecular formula is C25H28BrNO3. The third-order valence-electron chi connectivity index (χ3n) is 4.90. The number of rotatable bonds is 10. The van der Waals surface area contributed by atoms with Crippen LogP contribution in [-0.2, 0) is 19.6 Å². The first-order valence-electron chi connectivity index (χ1n) is 9.98. The van der Waals surface area contributed by atoms with Crippen LogP contribution in [0.2, 0.25) is 0 Å². The van der Waals surface area contributed by atoms with E-state index >= 15 is 0 Å². The fraction of sp³-hybridized carbons (Fsp3) is 0.280. The number of hydrogen-bond acceptors (Lipinski definition) is 4. The first-order chi connectivity index (χ1) is 14.6. The zero-order chi connectivity index (χ0) is 21.3.